The summed E-state index contributed by atoms with van der Waals surface area (Å²) >= 11 is 0. The number of amides is 1. The lowest BCUT2D eigenvalue weighted by Gasteiger charge is -2.13. The van der Waals surface area contributed by atoms with Crippen LogP contribution in [0.3, 0.4) is 0 Å². The van der Waals surface area contributed by atoms with Gasteiger partial charge in [-0.15, -0.1) is 0 Å². The van der Waals surface area contributed by atoms with Crippen molar-refractivity contribution in [3.8, 4) is 17.0 Å². The zero-order valence-corrected chi connectivity index (χ0v) is 20.0. The van der Waals surface area contributed by atoms with Gasteiger partial charge in [-0.05, 0) is 53.2 Å². The number of carbonyl (C=O) groups excluding carboxylic acids is 1. The summed E-state index contributed by atoms with van der Waals surface area (Å²) in [5.41, 5.74) is 5.10. The lowest BCUT2D eigenvalue weighted by molar-refractivity contribution is -0.117. The Labute approximate surface area is 215 Å². The predicted octanol–water partition coefficient (Wildman–Crippen LogP) is 4.25. The molecule has 0 spiro atoms. The zero-order chi connectivity index (χ0) is 25.4. The van der Waals surface area contributed by atoms with Gasteiger partial charge in [0.1, 0.15) is 19.4 Å². The highest BCUT2D eigenvalue weighted by Crippen LogP contribution is 2.47. The van der Waals surface area contributed by atoms with Crippen LogP contribution in [0.5, 0.6) is 5.75 Å². The monoisotopic (exact) mass is 485 g/mol. The average Bonchev–Trinajstić information content (AvgIpc) is 3.65. The smallest absolute Gasteiger partial charge is 0.228 e. The van der Waals surface area contributed by atoms with Crippen molar-refractivity contribution < 1.29 is 9.90 Å². The Morgan fingerprint density at radius 1 is 1.03 bits per heavy atom. The molecule has 3 aromatic carbocycles. The summed E-state index contributed by atoms with van der Waals surface area (Å²) in [4.78, 5) is 17.4. The molecule has 1 fully saturated rings. The molecule has 8 heteroatoms. The number of nitrogens with one attached hydrogen (secondary N) is 2. The van der Waals surface area contributed by atoms with Gasteiger partial charge in [-0.25, -0.2) is 4.98 Å². The number of nitrogens with zero attached hydrogens (tertiary/aromatic N) is 3. The Bertz CT molecular complexity index is 1600. The minimum Gasteiger partial charge on any atom is -0.507 e. The first-order valence-corrected chi connectivity index (χ1v) is 12.2. The van der Waals surface area contributed by atoms with Crippen LogP contribution in [0.2, 0.25) is 0 Å². The van der Waals surface area contributed by atoms with E-state index in [1.165, 1.54) is 5.56 Å². The summed E-state index contributed by atoms with van der Waals surface area (Å²) < 4.78 is 1.64. The largest absolute Gasteiger partial charge is 0.507 e. The highest BCUT2D eigenvalue weighted by atomic mass is 16.3. The number of hydrogen-bond donors (Lipinski definition) is 3. The third-order valence-corrected chi connectivity index (χ3v) is 6.70. The van der Waals surface area contributed by atoms with Crippen LogP contribution in [0, 0.1) is 5.92 Å². The molecule has 0 saturated heterocycles. The van der Waals surface area contributed by atoms with Crippen molar-refractivity contribution in [2.45, 2.75) is 18.9 Å². The van der Waals surface area contributed by atoms with Crippen LogP contribution in [0.1, 0.15) is 23.5 Å². The lowest BCUT2D eigenvalue weighted by Crippen LogP contribution is -2.15. The Morgan fingerprint density at radius 3 is 2.68 bits per heavy atom. The molecule has 0 bridgehead atoms. The Morgan fingerprint density at radius 2 is 1.84 bits per heavy atom. The van der Waals surface area contributed by atoms with E-state index in [1.807, 2.05) is 54.6 Å². The molecule has 3 N–H and O–H groups in total. The molecule has 1 amide bonds. The Balaban J connectivity index is 1.18. The quantitative estimate of drug-likeness (QED) is 0.300. The lowest BCUT2D eigenvalue weighted by atomic mass is 10.0. The number of benzene rings is 3. The molecule has 2 radical (unpaired) electrons. The number of fused-ring (bicyclic) bond motifs is 1. The van der Waals surface area contributed by atoms with Crippen molar-refractivity contribution in [3.63, 3.8) is 0 Å². The van der Waals surface area contributed by atoms with Crippen LogP contribution in [-0.2, 0) is 11.3 Å². The fraction of sp³-hybridized carbons (Fsp3) is 0.138. The van der Waals surface area contributed by atoms with Crippen molar-refractivity contribution in [2.75, 3.05) is 10.6 Å². The standard InChI is InChI=1S/C29H24BN5O2/c30-24-17-32-35-27(15-25(34-28(24)35)21-11-4-5-12-26(21)36)31-16-18-7-6-10-20(13-18)33-29(37)23-14-22(23)19-8-2-1-3-9-19/h1-13,15,17,22-23,31,36H,14,16H2,(H,33,37)/t22-,23+/m0/s1. The molecule has 180 valence electrons. The molecule has 2 aromatic heterocycles. The molecule has 2 heterocycles. The van der Waals surface area contributed by atoms with Gasteiger partial charge in [0.25, 0.3) is 0 Å². The van der Waals surface area contributed by atoms with Gasteiger partial charge in [-0.3, -0.25) is 4.79 Å². The zero-order valence-electron chi connectivity index (χ0n) is 20.0. The van der Waals surface area contributed by atoms with E-state index in [2.05, 4.69) is 32.8 Å². The fourth-order valence-electron chi connectivity index (χ4n) is 4.67. The topological polar surface area (TPSA) is 91.5 Å². The van der Waals surface area contributed by atoms with Crippen molar-refractivity contribution in [1.82, 2.24) is 14.6 Å². The van der Waals surface area contributed by atoms with Crippen LogP contribution in [0.15, 0.2) is 91.1 Å². The van der Waals surface area contributed by atoms with Crippen molar-refractivity contribution in [3.05, 3.63) is 102 Å². The maximum atomic E-state index is 12.8. The second kappa shape index (κ2) is 9.46. The van der Waals surface area contributed by atoms with Gasteiger partial charge in [0.15, 0.2) is 5.65 Å². The van der Waals surface area contributed by atoms with Crippen LogP contribution in [-0.4, -0.2) is 33.5 Å². The van der Waals surface area contributed by atoms with E-state index in [-0.39, 0.29) is 17.6 Å². The molecule has 1 saturated carbocycles. The van der Waals surface area contributed by atoms with Gasteiger partial charge in [-0.2, -0.15) is 9.61 Å². The fourth-order valence-corrected chi connectivity index (χ4v) is 4.67. The Kier molecular flexibility index (Phi) is 5.84. The van der Waals surface area contributed by atoms with Crippen LogP contribution in [0.25, 0.3) is 16.9 Å². The molecule has 1 aliphatic rings. The number of hydrogen-bond acceptors (Lipinski definition) is 5. The third kappa shape index (κ3) is 4.65. The molecule has 0 unspecified atom stereocenters. The number of anilines is 2. The molecule has 7 nitrogen and oxygen atoms in total. The predicted molar refractivity (Wildman–Crippen MR) is 145 cm³/mol. The van der Waals surface area contributed by atoms with Crippen molar-refractivity contribution in [2.24, 2.45) is 5.92 Å². The molecular weight excluding hydrogens is 461 g/mol. The summed E-state index contributed by atoms with van der Waals surface area (Å²) in [6.45, 7) is 0.485. The van der Waals surface area contributed by atoms with Crippen LogP contribution >= 0.6 is 0 Å². The van der Waals surface area contributed by atoms with Gasteiger partial charge in [-0.1, -0.05) is 54.6 Å². The van der Waals surface area contributed by atoms with E-state index >= 15 is 0 Å². The van der Waals surface area contributed by atoms with E-state index in [1.54, 1.807) is 28.9 Å². The van der Waals surface area contributed by atoms with Crippen LogP contribution < -0.4 is 16.1 Å². The number of para-hydroxylation sites is 1. The number of phenols is 1. The van der Waals surface area contributed by atoms with Crippen molar-refractivity contribution in [1.29, 1.82) is 0 Å². The van der Waals surface area contributed by atoms with E-state index < -0.39 is 0 Å². The van der Waals surface area contributed by atoms with Gasteiger partial charge < -0.3 is 15.7 Å². The van der Waals surface area contributed by atoms with E-state index in [4.69, 9.17) is 7.85 Å². The summed E-state index contributed by atoms with van der Waals surface area (Å²) in [6, 6.07) is 26.8. The molecular formula is C29H24BN5O2. The average molecular weight is 485 g/mol. The van der Waals surface area contributed by atoms with E-state index in [0.29, 0.717) is 40.6 Å². The first-order valence-electron chi connectivity index (χ1n) is 12.2. The highest BCUT2D eigenvalue weighted by Gasteiger charge is 2.43. The van der Waals surface area contributed by atoms with Crippen LogP contribution in [0.4, 0.5) is 11.5 Å². The van der Waals surface area contributed by atoms with Gasteiger partial charge in [0.05, 0.1) is 5.69 Å². The number of aromatic hydroxyl groups is 1. The second-order valence-electron chi connectivity index (χ2n) is 9.28. The summed E-state index contributed by atoms with van der Waals surface area (Å²) in [5, 5.41) is 21.2. The molecule has 6 rings (SSSR count). The number of phenolic OH excluding ortho intramolecular Hbond substituents is 1. The number of rotatable bonds is 7. The maximum absolute atomic E-state index is 12.8. The minimum absolute atomic E-state index is 0.00683. The van der Waals surface area contributed by atoms with E-state index in [0.717, 1.165) is 17.7 Å². The summed E-state index contributed by atoms with van der Waals surface area (Å²) in [6.07, 6.45) is 2.43. The van der Waals surface area contributed by atoms with Gasteiger partial charge in [0.2, 0.25) is 5.91 Å². The van der Waals surface area contributed by atoms with Crippen molar-refractivity contribution >= 4 is 36.4 Å². The summed E-state index contributed by atoms with van der Waals surface area (Å²) in [7, 11) is 6.10. The first kappa shape index (κ1) is 22.9. The Hall–Kier alpha value is -4.59. The molecule has 0 aliphatic heterocycles. The first-order chi connectivity index (χ1) is 18.1. The molecule has 1 aliphatic carbocycles. The molecule has 37 heavy (non-hydrogen) atoms. The highest BCUT2D eigenvalue weighted by molar-refractivity contribution is 6.36. The number of carbonyl (C=O) groups is 1. The van der Waals surface area contributed by atoms with E-state index in [9.17, 15) is 9.90 Å². The minimum atomic E-state index is 0.00683. The maximum Gasteiger partial charge on any atom is 0.228 e. The normalized spacial score (nSPS) is 16.4. The van der Waals surface area contributed by atoms with Gasteiger partial charge >= 0.3 is 0 Å². The number of aromatic nitrogens is 3. The SMILES string of the molecule is [B]c1cnn2c(NCc3cccc(NC(=O)[C@@H]4C[C@H]4c4ccccc4)c3)cc(-c3ccccc3O)nc12. The molecule has 2 atom stereocenters. The summed E-state index contributed by atoms with van der Waals surface area (Å²) in [5.74, 6) is 1.16. The molecule has 5 aromatic rings. The second-order valence-corrected chi connectivity index (χ2v) is 9.28. The van der Waals surface area contributed by atoms with Gasteiger partial charge in [0, 0.05) is 36.0 Å². The third-order valence-electron chi connectivity index (χ3n) is 6.70.